The van der Waals surface area contributed by atoms with E-state index in [0.29, 0.717) is 11.4 Å². The van der Waals surface area contributed by atoms with Crippen LogP contribution in [0.3, 0.4) is 0 Å². The van der Waals surface area contributed by atoms with Crippen LogP contribution < -0.4 is 14.8 Å². The van der Waals surface area contributed by atoms with Crippen molar-refractivity contribution in [2.45, 2.75) is 12.5 Å². The molecule has 4 rings (SSSR count). The molecule has 126 valence electrons. The standard InChI is InChI=1S/C20H17NO3S/c22-20(19-7-4-10-25-19)21-13-17-12-14-11-16(8-9-18(14)24-17)23-15-5-2-1-3-6-15/h1-11,17H,12-13H2,(H,21,22). The van der Waals surface area contributed by atoms with Gasteiger partial charge in [0.2, 0.25) is 0 Å². The highest BCUT2D eigenvalue weighted by Gasteiger charge is 2.24. The molecule has 0 bridgehead atoms. The molecule has 1 aromatic heterocycles. The van der Waals surface area contributed by atoms with E-state index in [1.165, 1.54) is 11.3 Å². The maximum atomic E-state index is 12.0. The third-order valence-corrected chi connectivity index (χ3v) is 4.86. The van der Waals surface area contributed by atoms with E-state index in [4.69, 9.17) is 9.47 Å². The van der Waals surface area contributed by atoms with Gasteiger partial charge in [-0.05, 0) is 41.8 Å². The summed E-state index contributed by atoms with van der Waals surface area (Å²) in [5, 5.41) is 4.83. The van der Waals surface area contributed by atoms with Gasteiger partial charge in [0.05, 0.1) is 11.4 Å². The van der Waals surface area contributed by atoms with Crippen molar-refractivity contribution in [1.29, 1.82) is 0 Å². The Morgan fingerprint density at radius 2 is 2.00 bits per heavy atom. The van der Waals surface area contributed by atoms with Gasteiger partial charge >= 0.3 is 0 Å². The third kappa shape index (κ3) is 3.67. The number of hydrogen-bond donors (Lipinski definition) is 1. The first-order valence-electron chi connectivity index (χ1n) is 8.12. The van der Waals surface area contributed by atoms with Crippen molar-refractivity contribution in [3.63, 3.8) is 0 Å². The summed E-state index contributed by atoms with van der Waals surface area (Å²) in [5.74, 6) is 2.40. The molecule has 0 saturated carbocycles. The third-order valence-electron chi connectivity index (χ3n) is 3.99. The molecule has 2 heterocycles. The van der Waals surface area contributed by atoms with E-state index in [1.54, 1.807) is 0 Å². The van der Waals surface area contributed by atoms with Crippen molar-refractivity contribution in [2.24, 2.45) is 0 Å². The average Bonchev–Trinajstić information content (AvgIpc) is 3.30. The molecule has 4 nitrogen and oxygen atoms in total. The maximum absolute atomic E-state index is 12.0. The number of ether oxygens (including phenoxy) is 2. The van der Waals surface area contributed by atoms with E-state index in [-0.39, 0.29) is 12.0 Å². The highest BCUT2D eigenvalue weighted by atomic mass is 32.1. The van der Waals surface area contributed by atoms with Gasteiger partial charge in [-0.25, -0.2) is 0 Å². The first-order valence-corrected chi connectivity index (χ1v) is 9.00. The Morgan fingerprint density at radius 1 is 1.12 bits per heavy atom. The van der Waals surface area contributed by atoms with Gasteiger partial charge < -0.3 is 14.8 Å². The smallest absolute Gasteiger partial charge is 0.261 e. The molecule has 0 fully saturated rings. The molecule has 0 aliphatic carbocycles. The monoisotopic (exact) mass is 351 g/mol. The lowest BCUT2D eigenvalue weighted by atomic mass is 10.1. The molecule has 0 radical (unpaired) electrons. The lowest BCUT2D eigenvalue weighted by Crippen LogP contribution is -2.34. The lowest BCUT2D eigenvalue weighted by Gasteiger charge is -2.11. The molecule has 5 heteroatoms. The van der Waals surface area contributed by atoms with E-state index in [9.17, 15) is 4.79 Å². The van der Waals surface area contributed by atoms with Crippen LogP contribution >= 0.6 is 11.3 Å². The second-order valence-corrected chi connectivity index (χ2v) is 6.76. The summed E-state index contributed by atoms with van der Waals surface area (Å²) >= 11 is 1.43. The fourth-order valence-corrected chi connectivity index (χ4v) is 3.44. The highest BCUT2D eigenvalue weighted by molar-refractivity contribution is 7.12. The zero-order chi connectivity index (χ0) is 17.1. The second kappa shape index (κ2) is 6.99. The van der Waals surface area contributed by atoms with Crippen molar-refractivity contribution in [3.8, 4) is 17.2 Å². The molecule has 1 amide bonds. The van der Waals surface area contributed by atoms with Gasteiger partial charge in [-0.1, -0.05) is 24.3 Å². The fraction of sp³-hybridized carbons (Fsp3) is 0.150. The number of hydrogen-bond acceptors (Lipinski definition) is 4. The number of fused-ring (bicyclic) bond motifs is 1. The Hall–Kier alpha value is -2.79. The zero-order valence-corrected chi connectivity index (χ0v) is 14.3. The summed E-state index contributed by atoms with van der Waals surface area (Å²) in [6.45, 7) is 0.486. The van der Waals surface area contributed by atoms with Crippen LogP contribution in [0.25, 0.3) is 0 Å². The van der Waals surface area contributed by atoms with Crippen LogP contribution in [0.1, 0.15) is 15.2 Å². The number of carbonyl (C=O) groups is 1. The SMILES string of the molecule is O=C(NCC1Cc2cc(Oc3ccccc3)ccc2O1)c1cccs1. The molecule has 0 saturated heterocycles. The van der Waals surface area contributed by atoms with Gasteiger partial charge in [-0.2, -0.15) is 0 Å². The number of benzene rings is 2. The van der Waals surface area contributed by atoms with E-state index < -0.39 is 0 Å². The first-order chi connectivity index (χ1) is 12.3. The minimum Gasteiger partial charge on any atom is -0.488 e. The van der Waals surface area contributed by atoms with E-state index >= 15 is 0 Å². The summed E-state index contributed by atoms with van der Waals surface area (Å²) in [7, 11) is 0. The number of para-hydroxylation sites is 1. The van der Waals surface area contributed by atoms with Gasteiger partial charge in [0.15, 0.2) is 0 Å². The van der Waals surface area contributed by atoms with E-state index in [1.807, 2.05) is 66.0 Å². The van der Waals surface area contributed by atoms with Crippen molar-refractivity contribution in [1.82, 2.24) is 5.32 Å². The Morgan fingerprint density at radius 3 is 2.80 bits per heavy atom. The maximum Gasteiger partial charge on any atom is 0.261 e. The summed E-state index contributed by atoms with van der Waals surface area (Å²) in [4.78, 5) is 12.7. The van der Waals surface area contributed by atoms with Crippen molar-refractivity contribution < 1.29 is 14.3 Å². The fourth-order valence-electron chi connectivity index (χ4n) is 2.80. The van der Waals surface area contributed by atoms with E-state index in [0.717, 1.165) is 29.2 Å². The van der Waals surface area contributed by atoms with Gasteiger partial charge in [0, 0.05) is 12.0 Å². The van der Waals surface area contributed by atoms with Crippen LogP contribution in [0.5, 0.6) is 17.2 Å². The first kappa shape index (κ1) is 15.7. The summed E-state index contributed by atoms with van der Waals surface area (Å²) in [5.41, 5.74) is 1.10. The predicted molar refractivity (Wildman–Crippen MR) is 97.7 cm³/mol. The molecular formula is C20H17NO3S. The molecule has 2 aromatic carbocycles. The van der Waals surface area contributed by atoms with E-state index in [2.05, 4.69) is 5.32 Å². The molecule has 3 aromatic rings. The van der Waals surface area contributed by atoms with Crippen molar-refractivity contribution in [2.75, 3.05) is 6.54 Å². The Balaban J connectivity index is 1.36. The number of thiophene rings is 1. The topological polar surface area (TPSA) is 47.6 Å². The van der Waals surface area contributed by atoms with Gasteiger partial charge in [0.25, 0.3) is 5.91 Å². The van der Waals surface area contributed by atoms with Gasteiger partial charge in [-0.3, -0.25) is 4.79 Å². The molecule has 25 heavy (non-hydrogen) atoms. The van der Waals surface area contributed by atoms with Crippen LogP contribution in [-0.4, -0.2) is 18.6 Å². The molecule has 1 aliphatic rings. The molecule has 0 spiro atoms. The van der Waals surface area contributed by atoms with Crippen LogP contribution in [0.15, 0.2) is 66.0 Å². The van der Waals surface area contributed by atoms with Crippen molar-refractivity contribution >= 4 is 17.2 Å². The highest BCUT2D eigenvalue weighted by Crippen LogP contribution is 2.33. The summed E-state index contributed by atoms with van der Waals surface area (Å²) in [6.07, 6.45) is 0.706. The largest absolute Gasteiger partial charge is 0.488 e. The Kier molecular flexibility index (Phi) is 4.39. The normalized spacial score (nSPS) is 15.3. The van der Waals surface area contributed by atoms with Crippen LogP contribution in [-0.2, 0) is 6.42 Å². The number of rotatable bonds is 5. The minimum absolute atomic E-state index is 0.0501. The molecule has 1 aliphatic heterocycles. The predicted octanol–water partition coefficient (Wildman–Crippen LogP) is 4.27. The molecule has 1 atom stereocenters. The number of amides is 1. The van der Waals surface area contributed by atoms with Gasteiger partial charge in [0.1, 0.15) is 23.4 Å². The summed E-state index contributed by atoms with van der Waals surface area (Å²) < 4.78 is 11.8. The minimum atomic E-state index is -0.0531. The van der Waals surface area contributed by atoms with Crippen LogP contribution in [0, 0.1) is 0 Å². The van der Waals surface area contributed by atoms with Crippen LogP contribution in [0.2, 0.25) is 0 Å². The number of carbonyl (C=O) groups excluding carboxylic acids is 1. The van der Waals surface area contributed by atoms with Crippen molar-refractivity contribution in [3.05, 3.63) is 76.5 Å². The van der Waals surface area contributed by atoms with Gasteiger partial charge in [-0.15, -0.1) is 11.3 Å². The zero-order valence-electron chi connectivity index (χ0n) is 13.5. The van der Waals surface area contributed by atoms with Crippen LogP contribution in [0.4, 0.5) is 0 Å². The Bertz CT molecular complexity index is 862. The quantitative estimate of drug-likeness (QED) is 0.747. The molecule has 1 N–H and O–H groups in total. The summed E-state index contributed by atoms with van der Waals surface area (Å²) in [6, 6.07) is 19.2. The molecule has 1 unspecified atom stereocenters. The average molecular weight is 351 g/mol. The number of nitrogens with one attached hydrogen (secondary N) is 1. The Labute approximate surface area is 150 Å². The molecular weight excluding hydrogens is 334 g/mol. The lowest BCUT2D eigenvalue weighted by molar-refractivity contribution is 0.0937. The second-order valence-electron chi connectivity index (χ2n) is 5.82.